The van der Waals surface area contributed by atoms with Gasteiger partial charge in [-0.25, -0.2) is 4.39 Å². The third kappa shape index (κ3) is 5.18. The van der Waals surface area contributed by atoms with Gasteiger partial charge in [-0.05, 0) is 38.1 Å². The number of hydrogen-bond acceptors (Lipinski definition) is 5. The van der Waals surface area contributed by atoms with E-state index >= 15 is 0 Å². The van der Waals surface area contributed by atoms with Crippen LogP contribution in [0.2, 0.25) is 0 Å². The van der Waals surface area contributed by atoms with Crippen molar-refractivity contribution in [1.82, 2.24) is 0 Å². The molecule has 2 rings (SSSR count). The van der Waals surface area contributed by atoms with Crippen LogP contribution in [0.4, 0.5) is 15.8 Å². The lowest BCUT2D eigenvalue weighted by molar-refractivity contribution is -0.384. The first kappa shape index (κ1) is 18.7. The van der Waals surface area contributed by atoms with Crippen LogP contribution in [0.15, 0.2) is 47.4 Å². The van der Waals surface area contributed by atoms with Crippen molar-refractivity contribution in [3.05, 3.63) is 58.4 Å². The van der Waals surface area contributed by atoms with Crippen molar-refractivity contribution in [1.29, 1.82) is 0 Å². The molecule has 2 aromatic rings. The van der Waals surface area contributed by atoms with E-state index in [1.807, 2.05) is 0 Å². The van der Waals surface area contributed by atoms with Gasteiger partial charge >= 0.3 is 0 Å². The fraction of sp³-hybridized carbons (Fsp3) is 0.235. The Bertz CT molecular complexity index is 768. The van der Waals surface area contributed by atoms with Crippen molar-refractivity contribution in [3.8, 4) is 5.75 Å². The molecule has 0 spiro atoms. The van der Waals surface area contributed by atoms with E-state index in [4.69, 9.17) is 4.74 Å². The zero-order valence-electron chi connectivity index (χ0n) is 13.7. The van der Waals surface area contributed by atoms with Crippen LogP contribution in [0.5, 0.6) is 5.75 Å². The number of nitro benzene ring substituents is 1. The highest BCUT2D eigenvalue weighted by molar-refractivity contribution is 8.00. The quantitative estimate of drug-likeness (QED) is 0.451. The van der Waals surface area contributed by atoms with Crippen LogP contribution in [0.1, 0.15) is 13.8 Å². The summed E-state index contributed by atoms with van der Waals surface area (Å²) >= 11 is 1.26. The van der Waals surface area contributed by atoms with Crippen LogP contribution >= 0.6 is 11.8 Å². The molecule has 1 atom stereocenters. The number of nitrogens with zero attached hydrogens (tertiary/aromatic N) is 1. The molecule has 132 valence electrons. The second-order valence-corrected chi connectivity index (χ2v) is 6.49. The predicted molar refractivity (Wildman–Crippen MR) is 94.6 cm³/mol. The Kier molecular flexibility index (Phi) is 6.35. The van der Waals surface area contributed by atoms with Gasteiger partial charge in [0.05, 0.1) is 22.5 Å². The van der Waals surface area contributed by atoms with Crippen LogP contribution in [0.25, 0.3) is 0 Å². The Hall–Kier alpha value is -2.61. The topological polar surface area (TPSA) is 81.5 Å². The van der Waals surface area contributed by atoms with Gasteiger partial charge in [0, 0.05) is 23.1 Å². The van der Waals surface area contributed by atoms with E-state index in [-0.39, 0.29) is 17.3 Å². The number of carbonyl (C=O) groups is 1. The number of nitrogens with one attached hydrogen (secondary N) is 1. The van der Waals surface area contributed by atoms with Crippen LogP contribution in [-0.4, -0.2) is 22.7 Å². The van der Waals surface area contributed by atoms with Crippen molar-refractivity contribution < 1.29 is 18.8 Å². The number of carbonyl (C=O) groups excluding carboxylic acids is 1. The molecule has 0 fully saturated rings. The first-order valence-corrected chi connectivity index (χ1v) is 8.43. The summed E-state index contributed by atoms with van der Waals surface area (Å²) in [6.45, 7) is 3.83. The highest BCUT2D eigenvalue weighted by Crippen LogP contribution is 2.29. The largest absolute Gasteiger partial charge is 0.492 e. The molecule has 0 aliphatic carbocycles. The van der Waals surface area contributed by atoms with Crippen LogP contribution in [0, 0.1) is 15.9 Å². The summed E-state index contributed by atoms with van der Waals surface area (Å²) in [6.07, 6.45) is 0. The molecule has 0 aliphatic rings. The molecule has 0 bridgehead atoms. The van der Waals surface area contributed by atoms with Gasteiger partial charge < -0.3 is 10.1 Å². The number of nitro groups is 1. The molecule has 0 radical (unpaired) electrons. The molecule has 0 saturated carbocycles. The number of anilines is 1. The molecule has 1 N–H and O–H groups in total. The van der Waals surface area contributed by atoms with Crippen molar-refractivity contribution >= 4 is 29.0 Å². The Labute approximate surface area is 148 Å². The standard InChI is InChI=1S/C17H17FN2O4S/c1-3-24-16-10-12(18)4-9-15(16)19-17(21)11(2)25-14-7-5-13(6-8-14)20(22)23/h4-11H,3H2,1-2H3,(H,19,21). The lowest BCUT2D eigenvalue weighted by Gasteiger charge is -2.15. The third-order valence-corrected chi connectivity index (χ3v) is 4.34. The SMILES string of the molecule is CCOc1cc(F)ccc1NC(=O)C(C)Sc1ccc([N+](=O)[O-])cc1. The molecule has 0 aliphatic heterocycles. The normalized spacial score (nSPS) is 11.6. The summed E-state index contributed by atoms with van der Waals surface area (Å²) in [5, 5.41) is 12.9. The average Bonchev–Trinajstić information content (AvgIpc) is 2.58. The average molecular weight is 364 g/mol. The van der Waals surface area contributed by atoms with Gasteiger partial charge in [0.15, 0.2) is 0 Å². The maximum absolute atomic E-state index is 13.3. The molecule has 0 heterocycles. The van der Waals surface area contributed by atoms with Gasteiger partial charge in [0.2, 0.25) is 5.91 Å². The number of ether oxygens (including phenoxy) is 1. The molecule has 25 heavy (non-hydrogen) atoms. The number of amides is 1. The summed E-state index contributed by atoms with van der Waals surface area (Å²) in [4.78, 5) is 23.3. The maximum Gasteiger partial charge on any atom is 0.269 e. The minimum atomic E-state index is -0.478. The number of hydrogen-bond donors (Lipinski definition) is 1. The van der Waals surface area contributed by atoms with E-state index in [1.54, 1.807) is 26.0 Å². The monoisotopic (exact) mass is 364 g/mol. The van der Waals surface area contributed by atoms with Crippen molar-refractivity contribution in [2.75, 3.05) is 11.9 Å². The Morgan fingerprint density at radius 2 is 2.00 bits per heavy atom. The van der Waals surface area contributed by atoms with E-state index in [9.17, 15) is 19.3 Å². The minimum absolute atomic E-state index is 0.00544. The van der Waals surface area contributed by atoms with Crippen LogP contribution in [-0.2, 0) is 4.79 Å². The first-order chi connectivity index (χ1) is 11.9. The van der Waals surface area contributed by atoms with Crippen molar-refractivity contribution in [2.24, 2.45) is 0 Å². The van der Waals surface area contributed by atoms with Gasteiger partial charge in [-0.1, -0.05) is 0 Å². The number of halogens is 1. The predicted octanol–water partition coefficient (Wildman–Crippen LogP) is 4.25. The molecule has 6 nitrogen and oxygen atoms in total. The highest BCUT2D eigenvalue weighted by Gasteiger charge is 2.17. The van der Waals surface area contributed by atoms with Crippen LogP contribution < -0.4 is 10.1 Å². The van der Waals surface area contributed by atoms with E-state index in [1.165, 1.54) is 42.1 Å². The summed E-state index contributed by atoms with van der Waals surface area (Å²) in [6, 6.07) is 9.87. The summed E-state index contributed by atoms with van der Waals surface area (Å²) in [5.74, 6) is -0.464. The van der Waals surface area contributed by atoms with Crippen molar-refractivity contribution in [3.63, 3.8) is 0 Å². The molecule has 1 unspecified atom stereocenters. The second kappa shape index (κ2) is 8.48. The number of non-ortho nitro benzene ring substituents is 1. The zero-order chi connectivity index (χ0) is 18.4. The molecule has 8 heteroatoms. The Morgan fingerprint density at radius 1 is 1.32 bits per heavy atom. The maximum atomic E-state index is 13.3. The van der Waals surface area contributed by atoms with E-state index < -0.39 is 16.0 Å². The lowest BCUT2D eigenvalue weighted by Crippen LogP contribution is -2.22. The summed E-state index contributed by atoms with van der Waals surface area (Å²) in [5.41, 5.74) is 0.388. The smallest absolute Gasteiger partial charge is 0.269 e. The zero-order valence-corrected chi connectivity index (χ0v) is 14.5. The van der Waals surface area contributed by atoms with E-state index in [2.05, 4.69) is 5.32 Å². The second-order valence-electron chi connectivity index (χ2n) is 5.07. The molecule has 0 aromatic heterocycles. The minimum Gasteiger partial charge on any atom is -0.492 e. The van der Waals surface area contributed by atoms with Gasteiger partial charge in [-0.3, -0.25) is 14.9 Å². The Balaban J connectivity index is 2.04. The molecule has 1 amide bonds. The molecule has 2 aromatic carbocycles. The fourth-order valence-corrected chi connectivity index (χ4v) is 2.88. The number of rotatable bonds is 7. The van der Waals surface area contributed by atoms with E-state index in [0.29, 0.717) is 12.3 Å². The first-order valence-electron chi connectivity index (χ1n) is 7.55. The summed E-state index contributed by atoms with van der Waals surface area (Å²) in [7, 11) is 0. The van der Waals surface area contributed by atoms with Gasteiger partial charge in [-0.15, -0.1) is 11.8 Å². The van der Waals surface area contributed by atoms with Gasteiger partial charge in [-0.2, -0.15) is 0 Å². The van der Waals surface area contributed by atoms with Gasteiger partial charge in [0.25, 0.3) is 5.69 Å². The molecule has 0 saturated heterocycles. The highest BCUT2D eigenvalue weighted by atomic mass is 32.2. The fourth-order valence-electron chi connectivity index (χ4n) is 2.01. The third-order valence-electron chi connectivity index (χ3n) is 3.23. The number of thioether (sulfide) groups is 1. The lowest BCUT2D eigenvalue weighted by atomic mass is 10.2. The van der Waals surface area contributed by atoms with Crippen LogP contribution in [0.3, 0.4) is 0 Å². The summed E-state index contributed by atoms with van der Waals surface area (Å²) < 4.78 is 18.6. The molecular weight excluding hydrogens is 347 g/mol. The number of benzene rings is 2. The molecular formula is C17H17FN2O4S. The van der Waals surface area contributed by atoms with Crippen molar-refractivity contribution in [2.45, 2.75) is 24.0 Å². The van der Waals surface area contributed by atoms with E-state index in [0.717, 1.165) is 4.90 Å². The van der Waals surface area contributed by atoms with Gasteiger partial charge in [0.1, 0.15) is 11.6 Å². The Morgan fingerprint density at radius 3 is 2.60 bits per heavy atom.